The number of amides is 3. The van der Waals surface area contributed by atoms with Crippen LogP contribution in [-0.4, -0.2) is 42.3 Å². The fourth-order valence-electron chi connectivity index (χ4n) is 1.28. The normalized spacial score (nSPS) is 19.8. The Morgan fingerprint density at radius 1 is 1.67 bits per heavy atom. The molecular formula is C8H14N4O3. The molecule has 0 saturated carbocycles. The molecule has 7 heteroatoms. The molecule has 84 valence electrons. The third-order valence-corrected chi connectivity index (χ3v) is 2.09. The van der Waals surface area contributed by atoms with Crippen LogP contribution in [-0.2, 0) is 14.4 Å². The number of carbonyl (C=O) groups is 3. The molecule has 0 aromatic heterocycles. The first kappa shape index (κ1) is 11.6. The summed E-state index contributed by atoms with van der Waals surface area (Å²) in [6, 6.07) is -0.652. The van der Waals surface area contributed by atoms with Crippen molar-refractivity contribution in [3.8, 4) is 0 Å². The average molecular weight is 214 g/mol. The molecule has 1 saturated heterocycles. The monoisotopic (exact) mass is 214 g/mol. The van der Waals surface area contributed by atoms with Gasteiger partial charge in [0.05, 0.1) is 6.42 Å². The summed E-state index contributed by atoms with van der Waals surface area (Å²) in [5.41, 5.74) is 10.1. The number of nitrogens with two attached hydrogens (primary N) is 1. The van der Waals surface area contributed by atoms with Gasteiger partial charge in [-0.3, -0.25) is 24.7 Å². The zero-order valence-corrected chi connectivity index (χ0v) is 8.23. The highest BCUT2D eigenvalue weighted by Gasteiger charge is 2.30. The van der Waals surface area contributed by atoms with Crippen LogP contribution in [0.25, 0.3) is 0 Å². The summed E-state index contributed by atoms with van der Waals surface area (Å²) in [4.78, 5) is 34.1. The minimum Gasteiger partial charge on any atom is -0.330 e. The molecule has 1 heterocycles. The van der Waals surface area contributed by atoms with Crippen LogP contribution in [0.4, 0.5) is 0 Å². The van der Waals surface area contributed by atoms with E-state index in [-0.39, 0.29) is 18.9 Å². The van der Waals surface area contributed by atoms with E-state index < -0.39 is 11.9 Å². The van der Waals surface area contributed by atoms with Crippen LogP contribution < -0.4 is 16.6 Å². The molecule has 0 radical (unpaired) electrons. The maximum Gasteiger partial charge on any atom is 0.248 e. The van der Waals surface area contributed by atoms with Crippen molar-refractivity contribution >= 4 is 18.2 Å². The number of carbonyl (C=O) groups excluding carboxylic acids is 3. The Hall–Kier alpha value is -1.47. The maximum absolute atomic E-state index is 11.6. The lowest BCUT2D eigenvalue weighted by Gasteiger charge is -2.18. The number of nitrogens with one attached hydrogen (secondary N) is 2. The Morgan fingerprint density at radius 3 is 2.87 bits per heavy atom. The Kier molecular flexibility index (Phi) is 4.19. The Balaban J connectivity index is 2.49. The van der Waals surface area contributed by atoms with Gasteiger partial charge < -0.3 is 5.73 Å². The SMILES string of the molecule is NCCCN(C=O)C(=O)C1CC(=O)NN1. The molecular weight excluding hydrogens is 200 g/mol. The van der Waals surface area contributed by atoms with Crippen molar-refractivity contribution in [3.63, 3.8) is 0 Å². The van der Waals surface area contributed by atoms with E-state index in [1.165, 1.54) is 0 Å². The van der Waals surface area contributed by atoms with Crippen molar-refractivity contribution in [1.29, 1.82) is 0 Å². The second-order valence-electron chi connectivity index (χ2n) is 3.23. The molecule has 1 atom stereocenters. The lowest BCUT2D eigenvalue weighted by molar-refractivity contribution is -0.140. The summed E-state index contributed by atoms with van der Waals surface area (Å²) < 4.78 is 0. The molecule has 1 aliphatic rings. The molecule has 0 aliphatic carbocycles. The second-order valence-corrected chi connectivity index (χ2v) is 3.23. The quantitative estimate of drug-likeness (QED) is 0.447. The predicted octanol–water partition coefficient (Wildman–Crippen LogP) is -2.29. The third-order valence-electron chi connectivity index (χ3n) is 2.09. The number of hydrogen-bond donors (Lipinski definition) is 3. The maximum atomic E-state index is 11.6. The fourth-order valence-corrected chi connectivity index (χ4v) is 1.28. The number of imide groups is 1. The summed E-state index contributed by atoms with van der Waals surface area (Å²) in [6.45, 7) is 0.693. The Bertz CT molecular complexity index is 269. The van der Waals surface area contributed by atoms with Gasteiger partial charge in [0.15, 0.2) is 0 Å². The van der Waals surface area contributed by atoms with Gasteiger partial charge in [-0.05, 0) is 13.0 Å². The number of hydrazine groups is 1. The minimum atomic E-state index is -0.652. The zero-order chi connectivity index (χ0) is 11.3. The van der Waals surface area contributed by atoms with Crippen molar-refractivity contribution in [2.24, 2.45) is 5.73 Å². The molecule has 0 bridgehead atoms. The van der Waals surface area contributed by atoms with Gasteiger partial charge in [-0.15, -0.1) is 0 Å². The van der Waals surface area contributed by atoms with Crippen LogP contribution >= 0.6 is 0 Å². The van der Waals surface area contributed by atoms with E-state index in [1.54, 1.807) is 0 Å². The van der Waals surface area contributed by atoms with Crippen molar-refractivity contribution in [1.82, 2.24) is 15.8 Å². The summed E-state index contributed by atoms with van der Waals surface area (Å²) in [6.07, 6.45) is 1.08. The van der Waals surface area contributed by atoms with Gasteiger partial charge in [0, 0.05) is 6.54 Å². The number of hydrogen-bond acceptors (Lipinski definition) is 5. The van der Waals surface area contributed by atoms with Crippen molar-refractivity contribution in [2.45, 2.75) is 18.9 Å². The van der Waals surface area contributed by atoms with Gasteiger partial charge in [-0.1, -0.05) is 0 Å². The minimum absolute atomic E-state index is 0.0613. The standard InChI is InChI=1S/C8H14N4O3/c9-2-1-3-12(5-13)8(15)6-4-7(14)11-10-6/h5-6,10H,1-4,9H2,(H,11,14). The smallest absolute Gasteiger partial charge is 0.248 e. The van der Waals surface area contributed by atoms with Gasteiger partial charge in [-0.25, -0.2) is 5.43 Å². The van der Waals surface area contributed by atoms with Crippen LogP contribution in [0.15, 0.2) is 0 Å². The highest BCUT2D eigenvalue weighted by Crippen LogP contribution is 2.02. The molecule has 1 unspecified atom stereocenters. The predicted molar refractivity (Wildman–Crippen MR) is 51.1 cm³/mol. The molecule has 1 rings (SSSR count). The lowest BCUT2D eigenvalue weighted by atomic mass is 10.2. The van der Waals surface area contributed by atoms with Crippen LogP contribution in [0, 0.1) is 0 Å². The van der Waals surface area contributed by atoms with Crippen LogP contribution in [0.3, 0.4) is 0 Å². The molecule has 7 nitrogen and oxygen atoms in total. The average Bonchev–Trinajstić information content (AvgIpc) is 2.65. The largest absolute Gasteiger partial charge is 0.330 e. The second kappa shape index (κ2) is 5.42. The number of rotatable bonds is 5. The van der Waals surface area contributed by atoms with Gasteiger partial charge >= 0.3 is 0 Å². The first-order chi connectivity index (χ1) is 7.19. The summed E-state index contributed by atoms with van der Waals surface area (Å²) in [5, 5.41) is 0. The van der Waals surface area contributed by atoms with Crippen LogP contribution in [0.1, 0.15) is 12.8 Å². The zero-order valence-electron chi connectivity index (χ0n) is 8.23. The van der Waals surface area contributed by atoms with E-state index in [0.717, 1.165) is 4.90 Å². The van der Waals surface area contributed by atoms with E-state index in [9.17, 15) is 14.4 Å². The molecule has 1 aliphatic heterocycles. The van der Waals surface area contributed by atoms with Crippen molar-refractivity contribution < 1.29 is 14.4 Å². The topological polar surface area (TPSA) is 105 Å². The molecule has 0 aromatic rings. The van der Waals surface area contributed by atoms with Crippen LogP contribution in [0.5, 0.6) is 0 Å². The van der Waals surface area contributed by atoms with Gasteiger partial charge in [0.1, 0.15) is 6.04 Å². The van der Waals surface area contributed by atoms with E-state index >= 15 is 0 Å². The van der Waals surface area contributed by atoms with E-state index in [2.05, 4.69) is 10.9 Å². The Morgan fingerprint density at radius 2 is 2.40 bits per heavy atom. The highest BCUT2D eigenvalue weighted by atomic mass is 16.2. The van der Waals surface area contributed by atoms with E-state index in [4.69, 9.17) is 5.73 Å². The molecule has 15 heavy (non-hydrogen) atoms. The van der Waals surface area contributed by atoms with Crippen molar-refractivity contribution in [3.05, 3.63) is 0 Å². The third kappa shape index (κ3) is 3.00. The molecule has 0 aromatic carbocycles. The van der Waals surface area contributed by atoms with E-state index in [1.807, 2.05) is 0 Å². The first-order valence-corrected chi connectivity index (χ1v) is 4.69. The van der Waals surface area contributed by atoms with E-state index in [0.29, 0.717) is 19.4 Å². The fraction of sp³-hybridized carbons (Fsp3) is 0.625. The summed E-state index contributed by atoms with van der Waals surface area (Å²) in [5.74, 6) is -0.658. The van der Waals surface area contributed by atoms with Gasteiger partial charge in [0.2, 0.25) is 18.2 Å². The van der Waals surface area contributed by atoms with Crippen LogP contribution in [0.2, 0.25) is 0 Å². The molecule has 1 fully saturated rings. The molecule has 3 amide bonds. The summed E-state index contributed by atoms with van der Waals surface area (Å²) >= 11 is 0. The first-order valence-electron chi connectivity index (χ1n) is 4.69. The lowest BCUT2D eigenvalue weighted by Crippen LogP contribution is -2.45. The summed E-state index contributed by atoms with van der Waals surface area (Å²) in [7, 11) is 0. The van der Waals surface area contributed by atoms with Crippen molar-refractivity contribution in [2.75, 3.05) is 13.1 Å². The molecule has 4 N–H and O–H groups in total. The highest BCUT2D eigenvalue weighted by molar-refractivity contribution is 5.95. The van der Waals surface area contributed by atoms with Gasteiger partial charge in [-0.2, -0.15) is 0 Å². The molecule has 0 spiro atoms. The van der Waals surface area contributed by atoms with Gasteiger partial charge in [0.25, 0.3) is 0 Å². The number of nitrogens with zero attached hydrogens (tertiary/aromatic N) is 1. The Labute approximate surface area is 86.9 Å².